The molecule has 0 saturated carbocycles. The molecule has 0 aliphatic rings. The van der Waals surface area contributed by atoms with Crippen LogP contribution in [-0.4, -0.2) is 4.22 Å². The van der Waals surface area contributed by atoms with Crippen molar-refractivity contribution < 1.29 is 13.8 Å². The number of allylic oxidation sites excluding steroid dienone is 3. The molecule has 0 N–H and O–H groups in total. The van der Waals surface area contributed by atoms with Crippen LogP contribution in [0.3, 0.4) is 0 Å². The van der Waals surface area contributed by atoms with Gasteiger partial charge in [0.05, 0.1) is 0 Å². The van der Waals surface area contributed by atoms with Crippen molar-refractivity contribution in [2.24, 2.45) is 5.92 Å². The molecule has 0 bridgehead atoms. The number of rotatable bonds is 7. The first-order valence-corrected chi connectivity index (χ1v) is 18.4. The van der Waals surface area contributed by atoms with Crippen LogP contribution in [0.1, 0.15) is 0 Å². The zero-order valence-electron chi connectivity index (χ0n) is 15.9. The van der Waals surface area contributed by atoms with Crippen LogP contribution in [0.5, 0.6) is 0 Å². The Morgan fingerprint density at radius 3 is 1.34 bits per heavy atom. The second-order valence-corrected chi connectivity index (χ2v) is 17.2. The number of halogens is 2. The summed E-state index contributed by atoms with van der Waals surface area (Å²) in [7, 11) is 10.6. The van der Waals surface area contributed by atoms with E-state index in [-0.39, 0.29) is 5.92 Å². The molecule has 0 aromatic heterocycles. The van der Waals surface area contributed by atoms with Crippen LogP contribution in [0, 0.1) is 5.92 Å². The van der Waals surface area contributed by atoms with E-state index in [4.69, 9.17) is 19.3 Å². The molecule has 0 atom stereocenters. The summed E-state index contributed by atoms with van der Waals surface area (Å²) in [5, 5.41) is 4.81. The molecule has 0 aliphatic heterocycles. The van der Waals surface area contributed by atoms with Gasteiger partial charge in [-0.15, -0.1) is 0 Å². The molecule has 0 aliphatic carbocycles. The van der Waals surface area contributed by atoms with Crippen LogP contribution in [0.25, 0.3) is 0 Å². The van der Waals surface area contributed by atoms with Crippen LogP contribution in [0.4, 0.5) is 0 Å². The molecule has 3 aromatic rings. The number of benzene rings is 3. The van der Waals surface area contributed by atoms with Gasteiger partial charge in [-0.2, -0.15) is 0 Å². The standard InChI is InChI=1S/C25H22P.2ClH.Os/c1-4-22(5-2)21(3)26(23-15-9-6-10-16-23,24-17-11-7-12-18-24)25-19-13-8-14-20-25;;;/h4-20,22H,1-2H2;2*1H;/q+1;;;+2/p-2. The summed E-state index contributed by atoms with van der Waals surface area (Å²) in [4.78, 5) is 0. The Morgan fingerprint density at radius 2 is 1.07 bits per heavy atom. The summed E-state index contributed by atoms with van der Waals surface area (Å²) in [5.41, 5.74) is 0. The molecule has 148 valence electrons. The van der Waals surface area contributed by atoms with Crippen molar-refractivity contribution in [2.75, 3.05) is 0 Å². The fourth-order valence-corrected chi connectivity index (χ4v) is 12.7. The molecule has 0 radical (unpaired) electrons. The monoisotopic (exact) mass is 615 g/mol. The summed E-state index contributed by atoms with van der Waals surface area (Å²) in [5.74, 6) is -0.0774. The van der Waals surface area contributed by atoms with Gasteiger partial charge in [0.2, 0.25) is 0 Å². The molecule has 0 heterocycles. The SMILES string of the molecule is C=CC(C=C)C(=[C]=[Os]([Cl])[Cl])[P+](c1ccccc1)(c1ccccc1)c1ccccc1. The molecule has 3 aromatic carbocycles. The van der Waals surface area contributed by atoms with E-state index in [1.807, 2.05) is 30.4 Å². The molecule has 0 saturated heterocycles. The van der Waals surface area contributed by atoms with Gasteiger partial charge in [0, 0.05) is 0 Å². The van der Waals surface area contributed by atoms with E-state index in [1.54, 1.807) is 0 Å². The Balaban J connectivity index is 2.57. The van der Waals surface area contributed by atoms with Crippen molar-refractivity contribution in [3.8, 4) is 0 Å². The number of hydrogen-bond donors (Lipinski definition) is 0. The molecule has 0 unspecified atom stereocenters. The molecular formula is C25H22Cl2OsP+. The van der Waals surface area contributed by atoms with Gasteiger partial charge < -0.3 is 0 Å². The van der Waals surface area contributed by atoms with Crippen LogP contribution < -0.4 is 15.9 Å². The summed E-state index contributed by atoms with van der Waals surface area (Å²) in [6.07, 6.45) is 3.82. The van der Waals surface area contributed by atoms with Crippen molar-refractivity contribution in [3.63, 3.8) is 0 Å². The third-order valence-corrected chi connectivity index (χ3v) is 11.9. The zero-order chi connectivity index (χ0) is 20.7. The van der Waals surface area contributed by atoms with E-state index in [0.29, 0.717) is 0 Å². The first kappa shape index (κ1) is 22.1. The maximum absolute atomic E-state index is 6.46. The van der Waals surface area contributed by atoms with E-state index in [2.05, 4.69) is 90.2 Å². The molecule has 3 rings (SSSR count). The summed E-state index contributed by atoms with van der Waals surface area (Å²) in [6, 6.07) is 31.8. The van der Waals surface area contributed by atoms with E-state index in [9.17, 15) is 0 Å². The fourth-order valence-electron chi connectivity index (χ4n) is 3.55. The third-order valence-electron chi connectivity index (χ3n) is 4.77. The van der Waals surface area contributed by atoms with Gasteiger partial charge in [-0.3, -0.25) is 0 Å². The molecule has 0 spiro atoms. The quantitative estimate of drug-likeness (QED) is 0.220. The fraction of sp³-hybridized carbons (Fsp3) is 0.0400. The van der Waals surface area contributed by atoms with E-state index >= 15 is 0 Å². The van der Waals surface area contributed by atoms with Crippen molar-refractivity contribution >= 4 is 46.7 Å². The van der Waals surface area contributed by atoms with Crippen LogP contribution in [0.15, 0.2) is 122 Å². The van der Waals surface area contributed by atoms with Crippen molar-refractivity contribution in [2.45, 2.75) is 0 Å². The van der Waals surface area contributed by atoms with Crippen molar-refractivity contribution in [3.05, 3.63) is 122 Å². The summed E-state index contributed by atoms with van der Waals surface area (Å²) >= 11 is -2.58. The van der Waals surface area contributed by atoms with Gasteiger partial charge in [-0.1, -0.05) is 0 Å². The Bertz CT molecular complexity index is 931. The predicted molar refractivity (Wildman–Crippen MR) is 129 cm³/mol. The first-order valence-electron chi connectivity index (χ1n) is 9.09. The average molecular weight is 615 g/mol. The van der Waals surface area contributed by atoms with Gasteiger partial charge in [0.25, 0.3) is 0 Å². The Labute approximate surface area is 187 Å². The molecule has 29 heavy (non-hydrogen) atoms. The number of hydrogen-bond acceptors (Lipinski definition) is 0. The third kappa shape index (κ3) is 4.62. The summed E-state index contributed by atoms with van der Waals surface area (Å²) < 4.78 is 3.55. The van der Waals surface area contributed by atoms with Gasteiger partial charge in [-0.05, 0) is 0 Å². The topological polar surface area (TPSA) is 0 Å². The molecular weight excluding hydrogens is 592 g/mol. The zero-order valence-corrected chi connectivity index (χ0v) is 20.8. The molecule has 4 heteroatoms. The normalized spacial score (nSPS) is 11.5. The molecule has 0 nitrogen and oxygen atoms in total. The van der Waals surface area contributed by atoms with Crippen molar-refractivity contribution in [1.82, 2.24) is 0 Å². The van der Waals surface area contributed by atoms with Gasteiger partial charge in [0.15, 0.2) is 0 Å². The van der Waals surface area contributed by atoms with Gasteiger partial charge >= 0.3 is 188 Å². The molecule has 0 fully saturated rings. The van der Waals surface area contributed by atoms with Crippen LogP contribution in [-0.2, 0) is 13.8 Å². The second-order valence-electron chi connectivity index (χ2n) is 6.33. The minimum atomic E-state index is -2.58. The molecule has 0 amide bonds. The van der Waals surface area contributed by atoms with Gasteiger partial charge in [0.1, 0.15) is 0 Å². The first-order chi connectivity index (χ1) is 14.1. The predicted octanol–water partition coefficient (Wildman–Crippen LogP) is 6.18. The second kappa shape index (κ2) is 10.5. The van der Waals surface area contributed by atoms with Crippen LogP contribution in [0.2, 0.25) is 0 Å². The summed E-state index contributed by atoms with van der Waals surface area (Å²) in [6.45, 7) is 8.15. The van der Waals surface area contributed by atoms with Crippen molar-refractivity contribution in [1.29, 1.82) is 0 Å². The van der Waals surface area contributed by atoms with E-state index in [0.717, 1.165) is 5.31 Å². The van der Waals surface area contributed by atoms with Gasteiger partial charge in [-0.25, -0.2) is 0 Å². The maximum atomic E-state index is 6.46. The van der Waals surface area contributed by atoms with Crippen LogP contribution >= 0.6 is 26.5 Å². The van der Waals surface area contributed by atoms with E-state index in [1.165, 1.54) is 15.9 Å². The minimum absolute atomic E-state index is 0.0774. The average Bonchev–Trinajstić information content (AvgIpc) is 2.77. The Morgan fingerprint density at radius 1 is 0.724 bits per heavy atom. The Kier molecular flexibility index (Phi) is 7.98. The Hall–Kier alpha value is -1.56. The van der Waals surface area contributed by atoms with E-state index < -0.39 is 21.0 Å².